The Morgan fingerprint density at radius 2 is 1.81 bits per heavy atom. The van der Waals surface area contributed by atoms with Crippen molar-refractivity contribution in [1.29, 1.82) is 0 Å². The molecule has 0 aliphatic rings. The lowest BCUT2D eigenvalue weighted by atomic mass is 10.2. The van der Waals surface area contributed by atoms with E-state index in [1.165, 1.54) is 17.0 Å². The quantitative estimate of drug-likeness (QED) is 0.908. The van der Waals surface area contributed by atoms with Crippen molar-refractivity contribution in [3.05, 3.63) is 59.1 Å². The molecule has 0 radical (unpaired) electrons. The number of para-hydroxylation sites is 1. The largest absolute Gasteiger partial charge is 0.478 e. The molecule has 0 spiro atoms. The summed E-state index contributed by atoms with van der Waals surface area (Å²) in [6.45, 7) is 0. The molecule has 0 fully saturated rings. The molecule has 6 heteroatoms. The molecule has 108 valence electrons. The number of hydrogen-bond acceptors (Lipinski definition) is 2. The number of anilines is 2. The fraction of sp³-hybridized carbons (Fsp3) is 0.0667. The summed E-state index contributed by atoms with van der Waals surface area (Å²) in [6, 6.07) is 13.0. The number of rotatable bonds is 3. The molecular formula is C15H13ClN2O3. The van der Waals surface area contributed by atoms with Crippen LogP contribution < -0.4 is 10.2 Å². The number of benzene rings is 2. The van der Waals surface area contributed by atoms with E-state index in [4.69, 9.17) is 16.7 Å². The molecule has 2 aromatic carbocycles. The fourth-order valence-electron chi connectivity index (χ4n) is 1.74. The van der Waals surface area contributed by atoms with Gasteiger partial charge in [0, 0.05) is 18.4 Å². The van der Waals surface area contributed by atoms with E-state index in [-0.39, 0.29) is 16.6 Å². The number of carboxylic acid groups (broad SMARTS) is 1. The lowest BCUT2D eigenvalue weighted by Crippen LogP contribution is -2.31. The number of nitrogens with one attached hydrogen (secondary N) is 1. The third-order valence-corrected chi connectivity index (χ3v) is 3.23. The Kier molecular flexibility index (Phi) is 4.45. The predicted octanol–water partition coefficient (Wildman–Crippen LogP) is 3.71. The first kappa shape index (κ1) is 14.9. The maximum atomic E-state index is 12.1. The summed E-state index contributed by atoms with van der Waals surface area (Å²) in [7, 11) is 1.62. The van der Waals surface area contributed by atoms with Crippen LogP contribution in [-0.4, -0.2) is 24.2 Å². The monoisotopic (exact) mass is 304 g/mol. The van der Waals surface area contributed by atoms with Crippen molar-refractivity contribution in [2.45, 2.75) is 0 Å². The van der Waals surface area contributed by atoms with Gasteiger partial charge in [0.2, 0.25) is 0 Å². The number of carboxylic acids is 1. The van der Waals surface area contributed by atoms with E-state index in [2.05, 4.69) is 5.32 Å². The molecule has 2 rings (SSSR count). The number of carbonyl (C=O) groups excluding carboxylic acids is 1. The summed E-state index contributed by atoms with van der Waals surface area (Å²) in [5, 5.41) is 11.8. The second-order valence-corrected chi connectivity index (χ2v) is 4.73. The second-order valence-electron chi connectivity index (χ2n) is 4.32. The van der Waals surface area contributed by atoms with Crippen LogP contribution in [-0.2, 0) is 0 Å². The number of aromatic carboxylic acids is 1. The van der Waals surface area contributed by atoms with Crippen molar-refractivity contribution in [2.75, 3.05) is 17.3 Å². The summed E-state index contributed by atoms with van der Waals surface area (Å²) < 4.78 is 0. The SMILES string of the molecule is CN(C(=O)Nc1ccc(Cl)c(C(=O)O)c1)c1ccccc1. The Hall–Kier alpha value is -2.53. The number of hydrogen-bond donors (Lipinski definition) is 2. The van der Waals surface area contributed by atoms with Crippen LogP contribution >= 0.6 is 11.6 Å². The van der Waals surface area contributed by atoms with Gasteiger partial charge in [-0.15, -0.1) is 0 Å². The maximum Gasteiger partial charge on any atom is 0.337 e. The summed E-state index contributed by atoms with van der Waals surface area (Å²) in [5.41, 5.74) is 1.03. The Morgan fingerprint density at radius 3 is 2.43 bits per heavy atom. The lowest BCUT2D eigenvalue weighted by molar-refractivity contribution is 0.0697. The van der Waals surface area contributed by atoms with Gasteiger partial charge < -0.3 is 10.4 Å². The second kappa shape index (κ2) is 6.28. The molecule has 0 aliphatic heterocycles. The van der Waals surface area contributed by atoms with Gasteiger partial charge in [-0.1, -0.05) is 29.8 Å². The average molecular weight is 305 g/mol. The molecule has 2 aromatic rings. The topological polar surface area (TPSA) is 69.6 Å². The van der Waals surface area contributed by atoms with E-state index in [0.717, 1.165) is 5.69 Å². The van der Waals surface area contributed by atoms with Crippen LogP contribution in [0.15, 0.2) is 48.5 Å². The maximum absolute atomic E-state index is 12.1. The average Bonchev–Trinajstić information content (AvgIpc) is 2.49. The minimum atomic E-state index is -1.15. The van der Waals surface area contributed by atoms with Crippen LogP contribution in [0.1, 0.15) is 10.4 Å². The zero-order chi connectivity index (χ0) is 15.4. The molecule has 5 nitrogen and oxygen atoms in total. The van der Waals surface area contributed by atoms with Crippen molar-refractivity contribution in [3.8, 4) is 0 Å². The van der Waals surface area contributed by atoms with E-state index in [1.54, 1.807) is 25.2 Å². The van der Waals surface area contributed by atoms with Gasteiger partial charge >= 0.3 is 12.0 Å². The molecule has 0 aromatic heterocycles. The summed E-state index contributed by atoms with van der Waals surface area (Å²) in [4.78, 5) is 24.5. The van der Waals surface area contributed by atoms with Gasteiger partial charge in [-0.25, -0.2) is 9.59 Å². The van der Waals surface area contributed by atoms with Gasteiger partial charge in [-0.3, -0.25) is 4.90 Å². The van der Waals surface area contributed by atoms with E-state index < -0.39 is 5.97 Å². The first-order valence-corrected chi connectivity index (χ1v) is 6.49. The Balaban J connectivity index is 2.16. The van der Waals surface area contributed by atoms with Gasteiger partial charge in [-0.05, 0) is 30.3 Å². The van der Waals surface area contributed by atoms with Crippen LogP contribution in [0.3, 0.4) is 0 Å². The molecule has 21 heavy (non-hydrogen) atoms. The van der Waals surface area contributed by atoms with Crippen LogP contribution in [0.5, 0.6) is 0 Å². The molecule has 0 atom stereocenters. The number of nitrogens with zero attached hydrogens (tertiary/aromatic N) is 1. The fourth-order valence-corrected chi connectivity index (χ4v) is 1.94. The highest BCUT2D eigenvalue weighted by Gasteiger charge is 2.13. The Bertz CT molecular complexity index is 674. The van der Waals surface area contributed by atoms with E-state index in [9.17, 15) is 9.59 Å². The molecule has 2 N–H and O–H groups in total. The van der Waals surface area contributed by atoms with E-state index in [1.807, 2.05) is 18.2 Å². The van der Waals surface area contributed by atoms with Crippen LogP contribution in [0.2, 0.25) is 5.02 Å². The zero-order valence-electron chi connectivity index (χ0n) is 11.2. The Morgan fingerprint density at radius 1 is 1.14 bits per heavy atom. The molecule has 2 amide bonds. The summed E-state index contributed by atoms with van der Waals surface area (Å²) in [6.07, 6.45) is 0. The smallest absolute Gasteiger partial charge is 0.337 e. The predicted molar refractivity (Wildman–Crippen MR) is 82.3 cm³/mol. The molecule has 0 heterocycles. The van der Waals surface area contributed by atoms with Gasteiger partial charge in [0.1, 0.15) is 0 Å². The lowest BCUT2D eigenvalue weighted by Gasteiger charge is -2.18. The molecule has 0 saturated heterocycles. The minimum Gasteiger partial charge on any atom is -0.478 e. The molecule has 0 unspecified atom stereocenters. The van der Waals surface area contributed by atoms with Crippen LogP contribution in [0, 0.1) is 0 Å². The highest BCUT2D eigenvalue weighted by atomic mass is 35.5. The van der Waals surface area contributed by atoms with Gasteiger partial charge in [0.15, 0.2) is 0 Å². The minimum absolute atomic E-state index is 0.0585. The van der Waals surface area contributed by atoms with Crippen molar-refractivity contribution < 1.29 is 14.7 Å². The highest BCUT2D eigenvalue weighted by Crippen LogP contribution is 2.21. The number of urea groups is 1. The first-order chi connectivity index (χ1) is 9.99. The standard InChI is InChI=1S/C15H13ClN2O3/c1-18(11-5-3-2-4-6-11)15(21)17-10-7-8-13(16)12(9-10)14(19)20/h2-9H,1H3,(H,17,21)(H,19,20). The molecule has 0 aliphatic carbocycles. The van der Waals surface area contributed by atoms with Crippen molar-refractivity contribution in [2.24, 2.45) is 0 Å². The van der Waals surface area contributed by atoms with Gasteiger partial charge in [0.05, 0.1) is 10.6 Å². The van der Waals surface area contributed by atoms with E-state index in [0.29, 0.717) is 5.69 Å². The normalized spacial score (nSPS) is 10.0. The third kappa shape index (κ3) is 3.52. The van der Waals surface area contributed by atoms with E-state index >= 15 is 0 Å². The van der Waals surface area contributed by atoms with Gasteiger partial charge in [0.25, 0.3) is 0 Å². The zero-order valence-corrected chi connectivity index (χ0v) is 12.0. The molecular weight excluding hydrogens is 292 g/mol. The number of halogens is 1. The van der Waals surface area contributed by atoms with Crippen molar-refractivity contribution in [3.63, 3.8) is 0 Å². The molecule has 0 bridgehead atoms. The highest BCUT2D eigenvalue weighted by molar-refractivity contribution is 6.33. The molecule has 0 saturated carbocycles. The van der Waals surface area contributed by atoms with Crippen molar-refractivity contribution >= 4 is 35.0 Å². The summed E-state index contributed by atoms with van der Waals surface area (Å²) in [5.74, 6) is -1.15. The third-order valence-electron chi connectivity index (χ3n) is 2.90. The van der Waals surface area contributed by atoms with Crippen LogP contribution in [0.4, 0.5) is 16.2 Å². The number of carbonyl (C=O) groups is 2. The Labute approximate surface area is 126 Å². The first-order valence-electron chi connectivity index (χ1n) is 6.11. The van der Waals surface area contributed by atoms with Gasteiger partial charge in [-0.2, -0.15) is 0 Å². The summed E-state index contributed by atoms with van der Waals surface area (Å²) >= 11 is 5.78. The van der Waals surface area contributed by atoms with Crippen molar-refractivity contribution in [1.82, 2.24) is 0 Å². The number of amides is 2. The van der Waals surface area contributed by atoms with Crippen LogP contribution in [0.25, 0.3) is 0 Å².